The Hall–Kier alpha value is -1.42. The molecule has 0 aromatic heterocycles. The minimum Gasteiger partial charge on any atom is -0.350 e. The van der Waals surface area contributed by atoms with Gasteiger partial charge in [0.1, 0.15) is 5.82 Å². The molecule has 0 heterocycles. The summed E-state index contributed by atoms with van der Waals surface area (Å²) in [5.74, 6) is -0.653. The molecular formula is C12H17FN2O. The molecular weight excluding hydrogens is 207 g/mol. The van der Waals surface area contributed by atoms with E-state index in [0.29, 0.717) is 18.5 Å². The van der Waals surface area contributed by atoms with E-state index in [1.54, 1.807) is 13.0 Å². The molecule has 0 spiro atoms. The van der Waals surface area contributed by atoms with Crippen molar-refractivity contribution in [2.24, 2.45) is 5.73 Å². The lowest BCUT2D eigenvalue weighted by Crippen LogP contribution is -2.34. The summed E-state index contributed by atoms with van der Waals surface area (Å²) < 4.78 is 13.1. The fourth-order valence-electron chi connectivity index (χ4n) is 1.50. The number of amides is 1. The summed E-state index contributed by atoms with van der Waals surface area (Å²) in [5, 5.41) is 2.77. The van der Waals surface area contributed by atoms with Gasteiger partial charge in [0.05, 0.1) is 0 Å². The van der Waals surface area contributed by atoms with Crippen LogP contribution in [0.15, 0.2) is 18.2 Å². The molecule has 0 radical (unpaired) electrons. The molecule has 3 nitrogen and oxygen atoms in total. The molecule has 88 valence electrons. The van der Waals surface area contributed by atoms with Crippen LogP contribution in [-0.2, 0) is 0 Å². The summed E-state index contributed by atoms with van der Waals surface area (Å²) >= 11 is 0. The number of rotatable bonds is 4. The Morgan fingerprint density at radius 3 is 2.75 bits per heavy atom. The lowest BCUT2D eigenvalue weighted by atomic mass is 10.1. The van der Waals surface area contributed by atoms with E-state index in [-0.39, 0.29) is 11.9 Å². The Balaban J connectivity index is 2.72. The van der Waals surface area contributed by atoms with Crippen LogP contribution < -0.4 is 11.1 Å². The largest absolute Gasteiger partial charge is 0.350 e. The summed E-state index contributed by atoms with van der Waals surface area (Å²) in [6.45, 7) is 4.14. The first-order valence-corrected chi connectivity index (χ1v) is 5.31. The minimum absolute atomic E-state index is 0.000994. The zero-order valence-corrected chi connectivity index (χ0v) is 9.59. The molecule has 0 bridgehead atoms. The van der Waals surface area contributed by atoms with Crippen molar-refractivity contribution in [1.82, 2.24) is 5.32 Å². The van der Waals surface area contributed by atoms with Crippen LogP contribution in [0.3, 0.4) is 0 Å². The number of nitrogens with one attached hydrogen (secondary N) is 1. The number of carbonyl (C=O) groups is 1. The smallest absolute Gasteiger partial charge is 0.251 e. The van der Waals surface area contributed by atoms with Gasteiger partial charge in [0.25, 0.3) is 5.91 Å². The third-order valence-corrected chi connectivity index (χ3v) is 2.28. The van der Waals surface area contributed by atoms with Crippen molar-refractivity contribution in [3.8, 4) is 0 Å². The number of nitrogens with two attached hydrogens (primary N) is 1. The zero-order valence-electron chi connectivity index (χ0n) is 9.59. The van der Waals surface area contributed by atoms with Gasteiger partial charge in [0.15, 0.2) is 0 Å². The normalized spacial score (nSPS) is 12.2. The van der Waals surface area contributed by atoms with Crippen LogP contribution in [0.2, 0.25) is 0 Å². The van der Waals surface area contributed by atoms with Crippen molar-refractivity contribution < 1.29 is 9.18 Å². The molecule has 1 rings (SSSR count). The van der Waals surface area contributed by atoms with Crippen molar-refractivity contribution in [3.63, 3.8) is 0 Å². The first kappa shape index (κ1) is 12.6. The lowest BCUT2D eigenvalue weighted by molar-refractivity contribution is 0.0938. The summed E-state index contributed by atoms with van der Waals surface area (Å²) in [4.78, 5) is 11.7. The van der Waals surface area contributed by atoms with E-state index in [2.05, 4.69) is 5.32 Å². The van der Waals surface area contributed by atoms with Crippen molar-refractivity contribution in [3.05, 3.63) is 35.1 Å². The van der Waals surface area contributed by atoms with Crippen molar-refractivity contribution in [2.75, 3.05) is 6.54 Å². The van der Waals surface area contributed by atoms with E-state index >= 15 is 0 Å². The van der Waals surface area contributed by atoms with Crippen LogP contribution in [0.1, 0.15) is 29.3 Å². The van der Waals surface area contributed by atoms with Crippen LogP contribution >= 0.6 is 0 Å². The monoisotopic (exact) mass is 224 g/mol. The predicted octanol–water partition coefficient (Wildman–Crippen LogP) is 1.60. The van der Waals surface area contributed by atoms with Gasteiger partial charge in [0, 0.05) is 11.6 Å². The highest BCUT2D eigenvalue weighted by Gasteiger charge is 2.10. The standard InChI is InChI=1S/C12H17FN2O/c1-8-5-10(7-11(13)6-8)12(16)15-9(2)3-4-14/h5-7,9H,3-4,14H2,1-2H3,(H,15,16). The molecule has 0 aliphatic heterocycles. The number of carbonyl (C=O) groups excluding carboxylic acids is 1. The molecule has 3 N–H and O–H groups in total. The highest BCUT2D eigenvalue weighted by molar-refractivity contribution is 5.94. The topological polar surface area (TPSA) is 55.1 Å². The lowest BCUT2D eigenvalue weighted by Gasteiger charge is -2.12. The van der Waals surface area contributed by atoms with Gasteiger partial charge in [-0.2, -0.15) is 0 Å². The fraction of sp³-hybridized carbons (Fsp3) is 0.417. The molecule has 0 saturated carbocycles. The van der Waals surface area contributed by atoms with Crippen LogP contribution in [-0.4, -0.2) is 18.5 Å². The maximum absolute atomic E-state index is 13.1. The number of hydrogen-bond acceptors (Lipinski definition) is 2. The maximum Gasteiger partial charge on any atom is 0.251 e. The second-order valence-corrected chi connectivity index (χ2v) is 3.97. The highest BCUT2D eigenvalue weighted by atomic mass is 19.1. The molecule has 1 unspecified atom stereocenters. The predicted molar refractivity (Wildman–Crippen MR) is 61.7 cm³/mol. The van der Waals surface area contributed by atoms with Crippen LogP contribution in [0.25, 0.3) is 0 Å². The molecule has 1 atom stereocenters. The fourth-order valence-corrected chi connectivity index (χ4v) is 1.50. The molecule has 0 fully saturated rings. The average Bonchev–Trinajstić information content (AvgIpc) is 2.16. The van der Waals surface area contributed by atoms with Gasteiger partial charge in [-0.25, -0.2) is 4.39 Å². The van der Waals surface area contributed by atoms with Gasteiger partial charge in [0.2, 0.25) is 0 Å². The molecule has 1 aromatic rings. The molecule has 16 heavy (non-hydrogen) atoms. The summed E-state index contributed by atoms with van der Waals surface area (Å²) in [7, 11) is 0. The Kier molecular flexibility index (Phi) is 4.43. The molecule has 1 aromatic carbocycles. The van der Waals surface area contributed by atoms with E-state index < -0.39 is 5.82 Å². The maximum atomic E-state index is 13.1. The third kappa shape index (κ3) is 3.62. The Morgan fingerprint density at radius 1 is 1.50 bits per heavy atom. The molecule has 0 aliphatic carbocycles. The average molecular weight is 224 g/mol. The van der Waals surface area contributed by atoms with Gasteiger partial charge in [-0.15, -0.1) is 0 Å². The van der Waals surface area contributed by atoms with E-state index in [1.165, 1.54) is 12.1 Å². The van der Waals surface area contributed by atoms with Gasteiger partial charge in [-0.3, -0.25) is 4.79 Å². The van der Waals surface area contributed by atoms with Crippen LogP contribution in [0, 0.1) is 12.7 Å². The van der Waals surface area contributed by atoms with Gasteiger partial charge >= 0.3 is 0 Å². The second-order valence-electron chi connectivity index (χ2n) is 3.97. The summed E-state index contributed by atoms with van der Waals surface area (Å²) in [6, 6.07) is 4.28. The van der Waals surface area contributed by atoms with Gasteiger partial charge in [-0.05, 0) is 50.6 Å². The van der Waals surface area contributed by atoms with Gasteiger partial charge in [-0.1, -0.05) is 0 Å². The second kappa shape index (κ2) is 5.61. The Labute approximate surface area is 94.8 Å². The number of aryl methyl sites for hydroxylation is 1. The number of benzene rings is 1. The zero-order chi connectivity index (χ0) is 12.1. The van der Waals surface area contributed by atoms with E-state index in [9.17, 15) is 9.18 Å². The Morgan fingerprint density at radius 2 is 2.19 bits per heavy atom. The third-order valence-electron chi connectivity index (χ3n) is 2.28. The van der Waals surface area contributed by atoms with Crippen LogP contribution in [0.5, 0.6) is 0 Å². The number of hydrogen-bond donors (Lipinski definition) is 2. The first-order chi connectivity index (χ1) is 7.52. The van der Waals surface area contributed by atoms with Crippen molar-refractivity contribution >= 4 is 5.91 Å². The summed E-state index contributed by atoms with van der Waals surface area (Å²) in [5.41, 5.74) is 6.46. The molecule has 0 aliphatic rings. The van der Waals surface area contributed by atoms with Gasteiger partial charge < -0.3 is 11.1 Å². The summed E-state index contributed by atoms with van der Waals surface area (Å²) in [6.07, 6.45) is 0.708. The number of halogens is 1. The molecule has 0 saturated heterocycles. The van der Waals surface area contributed by atoms with Crippen molar-refractivity contribution in [1.29, 1.82) is 0 Å². The van der Waals surface area contributed by atoms with Crippen molar-refractivity contribution in [2.45, 2.75) is 26.3 Å². The molecule has 1 amide bonds. The van der Waals surface area contributed by atoms with E-state index in [1.807, 2.05) is 6.92 Å². The first-order valence-electron chi connectivity index (χ1n) is 5.31. The van der Waals surface area contributed by atoms with E-state index in [0.717, 1.165) is 5.56 Å². The highest BCUT2D eigenvalue weighted by Crippen LogP contribution is 2.08. The minimum atomic E-state index is -0.392. The molecule has 4 heteroatoms. The Bertz CT molecular complexity index is 359. The van der Waals surface area contributed by atoms with E-state index in [4.69, 9.17) is 5.73 Å². The van der Waals surface area contributed by atoms with Crippen LogP contribution in [0.4, 0.5) is 4.39 Å². The SMILES string of the molecule is Cc1cc(F)cc(C(=O)NC(C)CCN)c1. The quantitative estimate of drug-likeness (QED) is 0.816.